The van der Waals surface area contributed by atoms with Crippen LogP contribution >= 0.6 is 34.8 Å². The van der Waals surface area contributed by atoms with Gasteiger partial charge in [0.15, 0.2) is 5.78 Å². The van der Waals surface area contributed by atoms with Gasteiger partial charge >= 0.3 is 0 Å². The number of hydrogen-bond donors (Lipinski definition) is 0. The van der Waals surface area contributed by atoms with Gasteiger partial charge in [0.2, 0.25) is 0 Å². The van der Waals surface area contributed by atoms with Gasteiger partial charge < -0.3 is 0 Å². The number of carbonyl (C=O) groups is 1. The standard InChI is InChI=1S/C13H7Cl3O/c14-9-3-1-8(2-4-9)13(17)11-7-10(15)5-6-12(11)16/h1-7H. The van der Waals surface area contributed by atoms with E-state index in [0.717, 1.165) is 0 Å². The quantitative estimate of drug-likeness (QED) is 0.719. The van der Waals surface area contributed by atoms with E-state index in [1.807, 2.05) is 0 Å². The van der Waals surface area contributed by atoms with E-state index >= 15 is 0 Å². The normalized spacial score (nSPS) is 10.3. The molecule has 17 heavy (non-hydrogen) atoms. The largest absolute Gasteiger partial charge is 0.289 e. The lowest BCUT2D eigenvalue weighted by Crippen LogP contribution is -2.01. The SMILES string of the molecule is O=C(c1ccc(Cl)cc1)c1cc(Cl)ccc1Cl. The third kappa shape index (κ3) is 2.81. The van der Waals surface area contributed by atoms with E-state index in [1.165, 1.54) is 0 Å². The summed E-state index contributed by atoms with van der Waals surface area (Å²) < 4.78 is 0. The topological polar surface area (TPSA) is 17.1 Å². The molecular weight excluding hydrogens is 279 g/mol. The Morgan fingerprint density at radius 3 is 2.06 bits per heavy atom. The maximum atomic E-state index is 12.1. The molecule has 1 nitrogen and oxygen atoms in total. The second-order valence-electron chi connectivity index (χ2n) is 3.46. The summed E-state index contributed by atoms with van der Waals surface area (Å²) in [5, 5.41) is 1.44. The van der Waals surface area contributed by atoms with Gasteiger partial charge in [-0.15, -0.1) is 0 Å². The van der Waals surface area contributed by atoms with Crippen molar-refractivity contribution in [3.8, 4) is 0 Å². The van der Waals surface area contributed by atoms with Crippen molar-refractivity contribution in [1.29, 1.82) is 0 Å². The Hall–Kier alpha value is -1.02. The number of hydrogen-bond acceptors (Lipinski definition) is 1. The molecule has 0 aliphatic carbocycles. The molecule has 2 rings (SSSR count). The summed E-state index contributed by atoms with van der Waals surface area (Å²) in [7, 11) is 0. The molecule has 0 N–H and O–H groups in total. The molecule has 0 fully saturated rings. The van der Waals surface area contributed by atoms with E-state index in [2.05, 4.69) is 0 Å². The molecule has 0 saturated heterocycles. The molecular formula is C13H7Cl3O. The zero-order valence-corrected chi connectivity index (χ0v) is 10.9. The molecule has 2 aromatic rings. The van der Waals surface area contributed by atoms with Gasteiger partial charge in [0.05, 0.1) is 5.02 Å². The fourth-order valence-corrected chi connectivity index (χ4v) is 1.93. The lowest BCUT2D eigenvalue weighted by molar-refractivity contribution is 0.103. The van der Waals surface area contributed by atoms with Crippen molar-refractivity contribution in [3.63, 3.8) is 0 Å². The van der Waals surface area contributed by atoms with Crippen LogP contribution in [0.25, 0.3) is 0 Å². The van der Waals surface area contributed by atoms with Crippen molar-refractivity contribution in [2.75, 3.05) is 0 Å². The Kier molecular flexibility index (Phi) is 3.72. The van der Waals surface area contributed by atoms with Crippen LogP contribution in [0, 0.1) is 0 Å². The third-order valence-corrected chi connectivity index (χ3v) is 3.10. The van der Waals surface area contributed by atoms with Crippen molar-refractivity contribution in [3.05, 3.63) is 68.7 Å². The van der Waals surface area contributed by atoms with Gasteiger partial charge in [0.25, 0.3) is 0 Å². The minimum absolute atomic E-state index is 0.172. The first-order valence-electron chi connectivity index (χ1n) is 4.83. The van der Waals surface area contributed by atoms with Gasteiger partial charge in [0.1, 0.15) is 0 Å². The fourth-order valence-electron chi connectivity index (χ4n) is 1.43. The summed E-state index contributed by atoms with van der Waals surface area (Å²) >= 11 is 17.6. The lowest BCUT2D eigenvalue weighted by Gasteiger charge is -2.04. The Morgan fingerprint density at radius 1 is 0.824 bits per heavy atom. The maximum absolute atomic E-state index is 12.1. The monoisotopic (exact) mass is 284 g/mol. The van der Waals surface area contributed by atoms with Crippen LogP contribution in [0.3, 0.4) is 0 Å². The first-order valence-corrected chi connectivity index (χ1v) is 5.96. The lowest BCUT2D eigenvalue weighted by atomic mass is 10.0. The highest BCUT2D eigenvalue weighted by Gasteiger charge is 2.13. The zero-order chi connectivity index (χ0) is 12.4. The highest BCUT2D eigenvalue weighted by Crippen LogP contribution is 2.23. The predicted molar refractivity (Wildman–Crippen MR) is 71.3 cm³/mol. The number of carbonyl (C=O) groups excluding carboxylic acids is 1. The highest BCUT2D eigenvalue weighted by atomic mass is 35.5. The molecule has 0 atom stereocenters. The molecule has 2 aromatic carbocycles. The van der Waals surface area contributed by atoms with E-state index in [9.17, 15) is 4.79 Å². The van der Waals surface area contributed by atoms with Crippen molar-refractivity contribution in [2.24, 2.45) is 0 Å². The van der Waals surface area contributed by atoms with Gasteiger partial charge in [-0.05, 0) is 42.5 Å². The molecule has 0 spiro atoms. The van der Waals surface area contributed by atoms with Crippen LogP contribution in [0.2, 0.25) is 15.1 Å². The van der Waals surface area contributed by atoms with Crippen LogP contribution in [-0.2, 0) is 0 Å². The van der Waals surface area contributed by atoms with Gasteiger partial charge in [0, 0.05) is 21.2 Å². The number of rotatable bonds is 2. The molecule has 86 valence electrons. The first kappa shape index (κ1) is 12.4. The molecule has 0 bridgehead atoms. The van der Waals surface area contributed by atoms with Gasteiger partial charge in [-0.25, -0.2) is 0 Å². The van der Waals surface area contributed by atoms with E-state index in [1.54, 1.807) is 42.5 Å². The molecule has 4 heteroatoms. The van der Waals surface area contributed by atoms with Crippen molar-refractivity contribution in [2.45, 2.75) is 0 Å². The molecule has 0 heterocycles. The highest BCUT2D eigenvalue weighted by molar-refractivity contribution is 6.36. The second-order valence-corrected chi connectivity index (χ2v) is 4.74. The molecule has 0 aliphatic rings. The smallest absolute Gasteiger partial charge is 0.194 e. The number of ketones is 1. The van der Waals surface area contributed by atoms with Gasteiger partial charge in [-0.2, -0.15) is 0 Å². The molecule has 0 aliphatic heterocycles. The summed E-state index contributed by atoms with van der Waals surface area (Å²) in [5.74, 6) is -0.172. The Balaban J connectivity index is 2.43. The Morgan fingerprint density at radius 2 is 1.41 bits per heavy atom. The number of benzene rings is 2. The van der Waals surface area contributed by atoms with Gasteiger partial charge in [-0.3, -0.25) is 4.79 Å². The average Bonchev–Trinajstić information content (AvgIpc) is 2.32. The van der Waals surface area contributed by atoms with Gasteiger partial charge in [-0.1, -0.05) is 34.8 Å². The van der Waals surface area contributed by atoms with Crippen molar-refractivity contribution in [1.82, 2.24) is 0 Å². The van der Waals surface area contributed by atoms with Crippen LogP contribution in [0.5, 0.6) is 0 Å². The van der Waals surface area contributed by atoms with E-state index < -0.39 is 0 Å². The molecule has 0 amide bonds. The van der Waals surface area contributed by atoms with E-state index in [0.29, 0.717) is 26.2 Å². The van der Waals surface area contributed by atoms with Crippen LogP contribution in [0.4, 0.5) is 0 Å². The summed E-state index contributed by atoms with van der Waals surface area (Å²) in [6.45, 7) is 0. The summed E-state index contributed by atoms with van der Waals surface area (Å²) in [6, 6.07) is 11.4. The summed E-state index contributed by atoms with van der Waals surface area (Å²) in [4.78, 5) is 12.1. The molecule has 0 radical (unpaired) electrons. The minimum atomic E-state index is -0.172. The van der Waals surface area contributed by atoms with Crippen molar-refractivity contribution >= 4 is 40.6 Å². The Labute approximate surface area is 114 Å². The van der Waals surface area contributed by atoms with E-state index in [-0.39, 0.29) is 5.78 Å². The first-order chi connectivity index (χ1) is 8.08. The van der Waals surface area contributed by atoms with Crippen molar-refractivity contribution < 1.29 is 4.79 Å². The van der Waals surface area contributed by atoms with Crippen LogP contribution < -0.4 is 0 Å². The minimum Gasteiger partial charge on any atom is -0.289 e. The second kappa shape index (κ2) is 5.09. The zero-order valence-electron chi connectivity index (χ0n) is 8.58. The third-order valence-electron chi connectivity index (χ3n) is 2.28. The van der Waals surface area contributed by atoms with Crippen LogP contribution in [-0.4, -0.2) is 5.78 Å². The molecule has 0 unspecified atom stereocenters. The molecule has 0 aromatic heterocycles. The maximum Gasteiger partial charge on any atom is 0.194 e. The Bertz CT molecular complexity index is 561. The fraction of sp³-hybridized carbons (Fsp3) is 0. The van der Waals surface area contributed by atoms with Crippen LogP contribution in [0.1, 0.15) is 15.9 Å². The summed E-state index contributed by atoms with van der Waals surface area (Å²) in [6.07, 6.45) is 0. The number of halogens is 3. The predicted octanol–water partition coefficient (Wildman–Crippen LogP) is 4.88. The summed E-state index contributed by atoms with van der Waals surface area (Å²) in [5.41, 5.74) is 0.917. The van der Waals surface area contributed by atoms with E-state index in [4.69, 9.17) is 34.8 Å². The van der Waals surface area contributed by atoms with Crippen LogP contribution in [0.15, 0.2) is 42.5 Å². The average molecular weight is 286 g/mol. The molecule has 0 saturated carbocycles.